The predicted molar refractivity (Wildman–Crippen MR) is 31.4 cm³/mol. The Morgan fingerprint density at radius 2 is 1.78 bits per heavy atom. The molecule has 0 radical (unpaired) electrons. The van der Waals surface area contributed by atoms with Gasteiger partial charge < -0.3 is 15.3 Å². The molecule has 9 heavy (non-hydrogen) atoms. The summed E-state index contributed by atoms with van der Waals surface area (Å²) in [5.41, 5.74) is 0. The Hall–Kier alpha value is -1.38. The van der Waals surface area contributed by atoms with E-state index in [4.69, 9.17) is 14.4 Å². The van der Waals surface area contributed by atoms with Crippen molar-refractivity contribution in [1.82, 2.24) is 0 Å². The van der Waals surface area contributed by atoms with Gasteiger partial charge in [0.05, 0.1) is 2.74 Å². The van der Waals surface area contributed by atoms with Crippen LogP contribution in [0.3, 0.4) is 0 Å². The van der Waals surface area contributed by atoms with Gasteiger partial charge in [-0.05, 0) is 0 Å². The van der Waals surface area contributed by atoms with Crippen molar-refractivity contribution in [3.05, 3.63) is 18.2 Å². The van der Waals surface area contributed by atoms with Crippen LogP contribution in [0.15, 0.2) is 18.2 Å². The minimum absolute atomic E-state index is 0.465. The molecule has 0 aliphatic rings. The van der Waals surface area contributed by atoms with Crippen molar-refractivity contribution in [2.24, 2.45) is 0 Å². The highest BCUT2D eigenvalue weighted by molar-refractivity contribution is 5.39. The minimum Gasteiger partial charge on any atom is -0.508 e. The normalized spacial score (nSPS) is 13.6. The summed E-state index contributed by atoms with van der Waals surface area (Å²) in [6, 6.07) is -0.103. The maximum atomic E-state index is 8.94. The van der Waals surface area contributed by atoms with Crippen LogP contribution in [0.5, 0.6) is 17.2 Å². The highest BCUT2D eigenvalue weighted by Gasteiger charge is 1.94. The summed E-state index contributed by atoms with van der Waals surface area (Å²) in [5, 5.41) is 21.8. The Balaban J connectivity index is 3.42. The van der Waals surface area contributed by atoms with Crippen LogP contribution in [0, 0.1) is 0 Å². The zero-order valence-corrected chi connectivity index (χ0v) is 4.38. The molecule has 0 saturated heterocycles. The van der Waals surface area contributed by atoms with E-state index in [0.29, 0.717) is 0 Å². The molecule has 0 bridgehead atoms. The van der Waals surface area contributed by atoms with E-state index in [1.807, 2.05) is 0 Å². The molecule has 0 amide bonds. The van der Waals surface area contributed by atoms with Crippen LogP contribution >= 0.6 is 0 Å². The molecule has 3 N–H and O–H groups in total. The summed E-state index contributed by atoms with van der Waals surface area (Å²) in [6.07, 6.45) is 0. The number of phenols is 3. The van der Waals surface area contributed by atoms with E-state index in [0.717, 1.165) is 6.07 Å². The van der Waals surface area contributed by atoms with Crippen LogP contribution in [0.1, 0.15) is 2.74 Å². The van der Waals surface area contributed by atoms with Gasteiger partial charge in [0.1, 0.15) is 17.2 Å². The van der Waals surface area contributed by atoms with Gasteiger partial charge in [-0.15, -0.1) is 0 Å². The Bertz CT molecular complexity index is 287. The maximum Gasteiger partial charge on any atom is 0.293 e. The number of rotatable bonds is 1. The van der Waals surface area contributed by atoms with Crippen LogP contribution in [-0.4, -0.2) is 16.8 Å². The summed E-state index contributed by atoms with van der Waals surface area (Å²) in [5.74, 6) is -1.51. The second-order valence-electron chi connectivity index (χ2n) is 1.49. The van der Waals surface area contributed by atoms with Gasteiger partial charge in [0.15, 0.2) is 0 Å². The van der Waals surface area contributed by atoms with Crippen molar-refractivity contribution in [3.8, 4) is 17.2 Å². The lowest BCUT2D eigenvalue weighted by atomic mass is 10.3. The first kappa shape index (κ1) is 2.96. The van der Waals surface area contributed by atoms with Crippen molar-refractivity contribution in [2.75, 3.05) is 0 Å². The third-order valence-electron chi connectivity index (χ3n) is 0.757. The average Bonchev–Trinajstić information content (AvgIpc) is 2.02. The zero-order chi connectivity index (χ0) is 9.30. The molecule has 1 aromatic rings. The first-order valence-corrected chi connectivity index (χ1v) is 2.23. The average molecular weight is 129 g/mol. The molecular formula is C6H6O3. The molecule has 0 aromatic heterocycles. The molecule has 0 heterocycles. The lowest BCUT2D eigenvalue weighted by Gasteiger charge is -1.94. The van der Waals surface area contributed by atoms with E-state index in [9.17, 15) is 0 Å². The quantitative estimate of drug-likeness (QED) is 0.525. The molecule has 0 atom stereocenters. The van der Waals surface area contributed by atoms with Gasteiger partial charge >= 0.3 is 0 Å². The van der Waals surface area contributed by atoms with E-state index < -0.39 is 29.3 Å². The van der Waals surface area contributed by atoms with Gasteiger partial charge in [0, 0.05) is 18.2 Å². The smallest absolute Gasteiger partial charge is 0.293 e. The SMILES string of the molecule is [2H]Oc1c([2H])c(O)cc(O)c1[2H]. The second kappa shape index (κ2) is 1.85. The van der Waals surface area contributed by atoms with Gasteiger partial charge in [-0.3, -0.25) is 0 Å². The molecule has 0 aliphatic carbocycles. The minimum atomic E-state index is -0.522. The van der Waals surface area contributed by atoms with Crippen LogP contribution in [0.25, 0.3) is 0 Å². The van der Waals surface area contributed by atoms with Crippen molar-refractivity contribution in [1.29, 1.82) is 1.43 Å². The van der Waals surface area contributed by atoms with Crippen molar-refractivity contribution < 1.29 is 18.1 Å². The summed E-state index contributed by atoms with van der Waals surface area (Å²) < 4.78 is 20.7. The van der Waals surface area contributed by atoms with Gasteiger partial charge in [0.2, 0.25) is 0 Å². The zero-order valence-electron chi connectivity index (χ0n) is 7.38. The third-order valence-corrected chi connectivity index (χ3v) is 0.757. The highest BCUT2D eigenvalue weighted by atomic mass is 16.3. The fourth-order valence-corrected chi connectivity index (χ4v) is 0.466. The number of phenolic OH excluding ortho intramolecular Hbond substituents is 3. The molecule has 1 rings (SSSR count). The molecule has 0 aliphatic heterocycles. The maximum absolute atomic E-state index is 8.94. The van der Waals surface area contributed by atoms with Crippen LogP contribution in [0.4, 0.5) is 0 Å². The molecule has 48 valence electrons. The second-order valence-corrected chi connectivity index (χ2v) is 1.49. The van der Waals surface area contributed by atoms with E-state index in [-0.39, 0.29) is 0 Å². The van der Waals surface area contributed by atoms with Crippen molar-refractivity contribution in [2.45, 2.75) is 0 Å². The fourth-order valence-electron chi connectivity index (χ4n) is 0.466. The number of hydrogen-bond acceptors (Lipinski definition) is 3. The van der Waals surface area contributed by atoms with E-state index >= 15 is 0 Å². The third kappa shape index (κ3) is 1.25. The summed E-state index contributed by atoms with van der Waals surface area (Å²) in [6.45, 7) is 0. The lowest BCUT2D eigenvalue weighted by molar-refractivity contribution is 0.428. The Morgan fingerprint density at radius 3 is 2.22 bits per heavy atom. The van der Waals surface area contributed by atoms with Gasteiger partial charge in [-0.1, -0.05) is 0 Å². The van der Waals surface area contributed by atoms with Gasteiger partial charge in [-0.2, -0.15) is 0 Å². The first-order chi connectivity index (χ1) is 5.57. The molecule has 3 nitrogen and oxygen atoms in total. The summed E-state index contributed by atoms with van der Waals surface area (Å²) in [4.78, 5) is 0. The van der Waals surface area contributed by atoms with E-state index in [1.165, 1.54) is 0 Å². The van der Waals surface area contributed by atoms with Gasteiger partial charge in [0.25, 0.3) is 1.43 Å². The number of aromatic hydroxyl groups is 3. The van der Waals surface area contributed by atoms with Crippen LogP contribution < -0.4 is 0 Å². The molecule has 0 fully saturated rings. The molecule has 3 heteroatoms. The lowest BCUT2D eigenvalue weighted by Crippen LogP contribution is -1.66. The Morgan fingerprint density at radius 1 is 1.22 bits per heavy atom. The standard InChI is InChI=1S/C6H6O3/c7-4-1-5(8)3-6(9)2-4/h1-3,7-9H/i1D,2D/hD. The molecular weight excluding hydrogens is 120 g/mol. The summed E-state index contributed by atoms with van der Waals surface area (Å²) in [7, 11) is 0. The predicted octanol–water partition coefficient (Wildman–Crippen LogP) is 0.803. The van der Waals surface area contributed by atoms with E-state index in [1.54, 1.807) is 0 Å². The molecule has 0 unspecified atom stereocenters. The summed E-state index contributed by atoms with van der Waals surface area (Å²) >= 11 is 0. The van der Waals surface area contributed by atoms with Crippen LogP contribution in [0.2, 0.25) is 0 Å². The number of hydrogen-bond donors (Lipinski definition) is 3. The highest BCUT2D eigenvalue weighted by Crippen LogP contribution is 2.23. The Labute approximate surface area is 56.1 Å². The van der Waals surface area contributed by atoms with Crippen LogP contribution in [-0.2, 0) is 0 Å². The van der Waals surface area contributed by atoms with E-state index in [2.05, 4.69) is 5.11 Å². The number of benzene rings is 1. The topological polar surface area (TPSA) is 60.7 Å². The molecule has 0 spiro atoms. The largest absolute Gasteiger partial charge is 0.508 e. The Kier molecular flexibility index (Phi) is 0.610. The van der Waals surface area contributed by atoms with Crippen molar-refractivity contribution in [3.63, 3.8) is 0 Å². The van der Waals surface area contributed by atoms with Crippen molar-refractivity contribution >= 4 is 0 Å². The molecule has 1 aromatic carbocycles. The molecule has 0 saturated carbocycles. The van der Waals surface area contributed by atoms with Gasteiger partial charge in [-0.25, -0.2) is 0 Å². The monoisotopic (exact) mass is 129 g/mol. The first-order valence-electron chi connectivity index (χ1n) is 3.64. The fraction of sp³-hybridized carbons (Fsp3) is 0.